The monoisotopic (exact) mass is 340 g/mol. The minimum Gasteiger partial charge on any atom is -0.338 e. The van der Waals surface area contributed by atoms with Crippen LogP contribution in [0.2, 0.25) is 0 Å². The van der Waals surface area contributed by atoms with E-state index in [1.807, 2.05) is 18.5 Å². The molecule has 0 unspecified atom stereocenters. The Balaban J connectivity index is 1.11. The average Bonchev–Trinajstić information content (AvgIpc) is 3.23. The maximum atomic E-state index is 4.38. The zero-order valence-electron chi connectivity index (χ0n) is 14.5. The SMILES string of the molecule is c1cnc(N2CCN(C3CN(Cc4nnc5n4CCC5)C3)CC2)nc1. The Morgan fingerprint density at radius 3 is 2.56 bits per heavy atom. The van der Waals surface area contributed by atoms with Gasteiger partial charge in [0.15, 0.2) is 0 Å². The van der Waals surface area contributed by atoms with Gasteiger partial charge in [0.25, 0.3) is 0 Å². The van der Waals surface area contributed by atoms with Crippen LogP contribution in [-0.4, -0.2) is 79.8 Å². The third kappa shape index (κ3) is 2.89. The minimum absolute atomic E-state index is 0.680. The molecule has 25 heavy (non-hydrogen) atoms. The smallest absolute Gasteiger partial charge is 0.225 e. The number of likely N-dealkylation sites (tertiary alicyclic amines) is 1. The molecule has 2 saturated heterocycles. The standard InChI is InChI=1S/C17H24N8/c1-3-15-20-21-16(25(15)6-1)13-22-11-14(12-22)23-7-9-24(10-8-23)17-18-4-2-5-19-17/h2,4-5,14H,1,3,6-13H2. The number of hydrogen-bond donors (Lipinski definition) is 0. The van der Waals surface area contributed by atoms with Gasteiger partial charge in [-0.15, -0.1) is 10.2 Å². The first-order chi connectivity index (χ1) is 12.4. The van der Waals surface area contributed by atoms with Gasteiger partial charge >= 0.3 is 0 Å². The lowest BCUT2D eigenvalue weighted by Crippen LogP contribution is -2.62. The highest BCUT2D eigenvalue weighted by molar-refractivity contribution is 5.29. The molecule has 0 N–H and O–H groups in total. The van der Waals surface area contributed by atoms with Crippen molar-refractivity contribution >= 4 is 5.95 Å². The number of piperazine rings is 1. The second-order valence-electron chi connectivity index (χ2n) is 7.21. The van der Waals surface area contributed by atoms with Crippen LogP contribution in [0.1, 0.15) is 18.1 Å². The third-order valence-corrected chi connectivity index (χ3v) is 5.65. The van der Waals surface area contributed by atoms with Crippen LogP contribution in [0.3, 0.4) is 0 Å². The maximum absolute atomic E-state index is 4.38. The highest BCUT2D eigenvalue weighted by Crippen LogP contribution is 2.22. The van der Waals surface area contributed by atoms with Crippen LogP contribution in [-0.2, 0) is 19.5 Å². The number of anilines is 1. The Labute approximate surface area is 147 Å². The molecule has 0 bridgehead atoms. The summed E-state index contributed by atoms with van der Waals surface area (Å²) >= 11 is 0. The van der Waals surface area contributed by atoms with Gasteiger partial charge in [-0.2, -0.15) is 0 Å². The summed E-state index contributed by atoms with van der Waals surface area (Å²) in [4.78, 5) is 16.1. The Hall–Kier alpha value is -2.06. The number of aromatic nitrogens is 5. The Kier molecular flexibility index (Phi) is 3.86. The number of rotatable bonds is 4. The quantitative estimate of drug-likeness (QED) is 0.777. The second kappa shape index (κ2) is 6.34. The largest absolute Gasteiger partial charge is 0.338 e. The van der Waals surface area contributed by atoms with Crippen molar-refractivity contribution in [2.45, 2.75) is 32.0 Å². The van der Waals surface area contributed by atoms with Gasteiger partial charge in [-0.1, -0.05) is 0 Å². The highest BCUT2D eigenvalue weighted by Gasteiger charge is 2.34. The van der Waals surface area contributed by atoms with Crippen molar-refractivity contribution in [1.29, 1.82) is 0 Å². The molecule has 5 heterocycles. The van der Waals surface area contributed by atoms with Gasteiger partial charge < -0.3 is 9.47 Å². The van der Waals surface area contributed by atoms with E-state index in [1.54, 1.807) is 0 Å². The van der Waals surface area contributed by atoms with Gasteiger partial charge in [0.05, 0.1) is 6.54 Å². The number of fused-ring (bicyclic) bond motifs is 1. The van der Waals surface area contributed by atoms with E-state index in [-0.39, 0.29) is 0 Å². The molecule has 132 valence electrons. The van der Waals surface area contributed by atoms with Crippen molar-refractivity contribution in [2.75, 3.05) is 44.2 Å². The van der Waals surface area contributed by atoms with Crippen molar-refractivity contribution < 1.29 is 0 Å². The molecule has 0 aliphatic carbocycles. The summed E-state index contributed by atoms with van der Waals surface area (Å²) in [6.45, 7) is 8.54. The molecule has 8 heteroatoms. The van der Waals surface area contributed by atoms with Crippen LogP contribution in [0.25, 0.3) is 0 Å². The molecule has 3 aliphatic rings. The van der Waals surface area contributed by atoms with Gasteiger partial charge in [-0.3, -0.25) is 9.80 Å². The van der Waals surface area contributed by atoms with Crippen LogP contribution in [0.5, 0.6) is 0 Å². The molecule has 0 spiro atoms. The van der Waals surface area contributed by atoms with Crippen LogP contribution in [0, 0.1) is 0 Å². The molecule has 0 radical (unpaired) electrons. The number of hydrogen-bond acceptors (Lipinski definition) is 7. The van der Waals surface area contributed by atoms with Crippen molar-refractivity contribution in [3.63, 3.8) is 0 Å². The van der Waals surface area contributed by atoms with Crippen LogP contribution >= 0.6 is 0 Å². The first-order valence-corrected chi connectivity index (χ1v) is 9.26. The lowest BCUT2D eigenvalue weighted by Gasteiger charge is -2.48. The molecule has 5 rings (SSSR count). The molecule has 2 fully saturated rings. The summed E-state index contributed by atoms with van der Waals surface area (Å²) in [5.41, 5.74) is 0. The van der Waals surface area contributed by atoms with E-state index >= 15 is 0 Å². The van der Waals surface area contributed by atoms with Crippen LogP contribution in [0.4, 0.5) is 5.95 Å². The normalized spacial score (nSPS) is 22.2. The summed E-state index contributed by atoms with van der Waals surface area (Å²) in [6.07, 6.45) is 5.94. The highest BCUT2D eigenvalue weighted by atomic mass is 15.4. The molecule has 0 aromatic carbocycles. The summed E-state index contributed by atoms with van der Waals surface area (Å²) < 4.78 is 2.31. The molecular formula is C17H24N8. The minimum atomic E-state index is 0.680. The van der Waals surface area contributed by atoms with Gasteiger partial charge in [0.1, 0.15) is 11.6 Å². The molecule has 2 aromatic heterocycles. The molecule has 2 aromatic rings. The van der Waals surface area contributed by atoms with Gasteiger partial charge in [0, 0.05) is 70.7 Å². The van der Waals surface area contributed by atoms with Gasteiger partial charge in [-0.25, -0.2) is 9.97 Å². The van der Waals surface area contributed by atoms with E-state index in [1.165, 1.54) is 12.2 Å². The van der Waals surface area contributed by atoms with Gasteiger partial charge in [-0.05, 0) is 12.5 Å². The number of aryl methyl sites for hydroxylation is 1. The van der Waals surface area contributed by atoms with Crippen LogP contribution in [0.15, 0.2) is 18.5 Å². The van der Waals surface area contributed by atoms with E-state index in [0.717, 1.165) is 70.6 Å². The third-order valence-electron chi connectivity index (χ3n) is 5.65. The Bertz CT molecular complexity index is 716. The van der Waals surface area contributed by atoms with E-state index in [4.69, 9.17) is 0 Å². The second-order valence-corrected chi connectivity index (χ2v) is 7.21. The van der Waals surface area contributed by atoms with Crippen molar-refractivity contribution in [2.24, 2.45) is 0 Å². The van der Waals surface area contributed by atoms with E-state index in [9.17, 15) is 0 Å². The lowest BCUT2D eigenvalue weighted by atomic mass is 10.1. The zero-order valence-corrected chi connectivity index (χ0v) is 14.5. The molecule has 0 amide bonds. The lowest BCUT2D eigenvalue weighted by molar-refractivity contribution is 0.0233. The average molecular weight is 340 g/mol. The van der Waals surface area contributed by atoms with E-state index in [0.29, 0.717) is 6.04 Å². The van der Waals surface area contributed by atoms with Crippen molar-refractivity contribution in [3.05, 3.63) is 30.1 Å². The molecule has 8 nitrogen and oxygen atoms in total. The predicted octanol–water partition coefficient (Wildman–Crippen LogP) is 0.0207. The molecule has 0 atom stereocenters. The summed E-state index contributed by atoms with van der Waals surface area (Å²) in [5, 5.41) is 8.69. The van der Waals surface area contributed by atoms with E-state index in [2.05, 4.69) is 39.4 Å². The number of nitrogens with zero attached hydrogens (tertiary/aromatic N) is 8. The van der Waals surface area contributed by atoms with Crippen LogP contribution < -0.4 is 4.90 Å². The summed E-state index contributed by atoms with van der Waals surface area (Å²) in [7, 11) is 0. The van der Waals surface area contributed by atoms with E-state index < -0.39 is 0 Å². The van der Waals surface area contributed by atoms with Crippen molar-refractivity contribution in [1.82, 2.24) is 34.5 Å². The molecule has 3 aliphatic heterocycles. The first-order valence-electron chi connectivity index (χ1n) is 9.26. The maximum Gasteiger partial charge on any atom is 0.225 e. The molecular weight excluding hydrogens is 316 g/mol. The van der Waals surface area contributed by atoms with Crippen molar-refractivity contribution in [3.8, 4) is 0 Å². The fraction of sp³-hybridized carbons (Fsp3) is 0.647. The first kappa shape index (κ1) is 15.2. The Morgan fingerprint density at radius 1 is 0.960 bits per heavy atom. The zero-order chi connectivity index (χ0) is 16.6. The topological polar surface area (TPSA) is 66.2 Å². The summed E-state index contributed by atoms with van der Waals surface area (Å²) in [5.74, 6) is 3.18. The predicted molar refractivity (Wildman–Crippen MR) is 93.2 cm³/mol. The summed E-state index contributed by atoms with van der Waals surface area (Å²) in [6, 6.07) is 2.55. The molecule has 0 saturated carbocycles. The fourth-order valence-corrected chi connectivity index (χ4v) is 4.17. The van der Waals surface area contributed by atoms with Gasteiger partial charge in [0.2, 0.25) is 5.95 Å². The fourth-order valence-electron chi connectivity index (χ4n) is 4.17. The Morgan fingerprint density at radius 2 is 1.76 bits per heavy atom.